The van der Waals surface area contributed by atoms with Gasteiger partial charge in [-0.1, -0.05) is 19.1 Å². The molecule has 0 spiro atoms. The topological polar surface area (TPSA) is 52.3 Å². The summed E-state index contributed by atoms with van der Waals surface area (Å²) in [5.41, 5.74) is 6.09. The fraction of sp³-hybridized carbons (Fsp3) is 0.500. The summed E-state index contributed by atoms with van der Waals surface area (Å²) in [6, 6.07) is 5.39. The van der Waals surface area contributed by atoms with Crippen LogP contribution in [0, 0.1) is 0 Å². The maximum Gasteiger partial charge on any atom is 0.573 e. The van der Waals surface area contributed by atoms with Crippen molar-refractivity contribution in [1.82, 2.24) is 0 Å². The third kappa shape index (κ3) is 6.07. The fourth-order valence-corrected chi connectivity index (χ4v) is 2.66. The number of benzene rings is 1. The van der Waals surface area contributed by atoms with E-state index in [1.807, 2.05) is 6.92 Å². The lowest BCUT2D eigenvalue weighted by Gasteiger charge is -2.11. The molecule has 0 bridgehead atoms. The number of hydrogen-bond donors (Lipinski definition) is 1. The first-order valence-corrected chi connectivity index (χ1v) is 7.12. The summed E-state index contributed by atoms with van der Waals surface area (Å²) in [6.45, 7) is 2.30. The summed E-state index contributed by atoms with van der Waals surface area (Å²) in [4.78, 5) is 0. The Balaban J connectivity index is 2.59. The lowest BCUT2D eigenvalue weighted by molar-refractivity contribution is -0.274. The normalized spacial score (nSPS) is 15.0. The van der Waals surface area contributed by atoms with Crippen molar-refractivity contribution in [3.8, 4) is 5.75 Å². The lowest BCUT2D eigenvalue weighted by Crippen LogP contribution is -2.18. The molecule has 0 aliphatic carbocycles. The first-order valence-electron chi connectivity index (χ1n) is 5.74. The van der Waals surface area contributed by atoms with Crippen molar-refractivity contribution in [2.75, 3.05) is 6.54 Å². The van der Waals surface area contributed by atoms with Crippen molar-refractivity contribution in [2.24, 2.45) is 5.73 Å². The molecular weight excluding hydrogens is 279 g/mol. The highest BCUT2D eigenvalue weighted by Crippen LogP contribution is 2.23. The maximum atomic E-state index is 12.0. The highest BCUT2D eigenvalue weighted by molar-refractivity contribution is 7.84. The minimum absolute atomic E-state index is 0.0314. The van der Waals surface area contributed by atoms with Crippen molar-refractivity contribution in [3.05, 3.63) is 29.8 Å². The van der Waals surface area contributed by atoms with Crippen LogP contribution in [0.3, 0.4) is 0 Å². The van der Waals surface area contributed by atoms with Crippen molar-refractivity contribution >= 4 is 10.8 Å². The summed E-state index contributed by atoms with van der Waals surface area (Å²) < 4.78 is 51.5. The number of hydrogen-bond acceptors (Lipinski definition) is 3. The predicted octanol–water partition coefficient (Wildman–Crippen LogP) is 2.57. The van der Waals surface area contributed by atoms with E-state index in [9.17, 15) is 17.4 Å². The highest BCUT2D eigenvalue weighted by Gasteiger charge is 2.30. The summed E-state index contributed by atoms with van der Waals surface area (Å²) in [6.07, 6.45) is -4.04. The molecule has 0 saturated heterocycles. The van der Waals surface area contributed by atoms with E-state index in [2.05, 4.69) is 4.74 Å². The molecular formula is C12H16F3NO2S. The third-order valence-corrected chi connectivity index (χ3v) is 4.24. The minimum Gasteiger partial charge on any atom is -0.406 e. The highest BCUT2D eigenvalue weighted by atomic mass is 32.2. The molecule has 0 aromatic heterocycles. The standard InChI is InChI=1S/C12H16F3NO2S/c1-9(6-7-16)19(17)8-10-2-4-11(5-3-10)18-12(13,14)15/h2-5,9H,6-8,16H2,1H3. The van der Waals surface area contributed by atoms with Gasteiger partial charge in [0, 0.05) is 21.8 Å². The molecule has 108 valence electrons. The van der Waals surface area contributed by atoms with Crippen LogP contribution in [0.15, 0.2) is 24.3 Å². The van der Waals surface area contributed by atoms with Gasteiger partial charge in [0.25, 0.3) is 0 Å². The fourth-order valence-electron chi connectivity index (χ4n) is 1.46. The first kappa shape index (κ1) is 16.0. The smallest absolute Gasteiger partial charge is 0.406 e. The molecule has 0 aliphatic heterocycles. The second-order valence-electron chi connectivity index (χ2n) is 4.10. The molecule has 0 aliphatic rings. The van der Waals surface area contributed by atoms with Crippen LogP contribution in [0.25, 0.3) is 0 Å². The molecule has 1 rings (SSSR count). The molecule has 0 saturated carbocycles. The van der Waals surface area contributed by atoms with Gasteiger partial charge >= 0.3 is 6.36 Å². The maximum absolute atomic E-state index is 12.0. The van der Waals surface area contributed by atoms with Crippen LogP contribution in [0.2, 0.25) is 0 Å². The molecule has 3 nitrogen and oxygen atoms in total. The van der Waals surface area contributed by atoms with E-state index in [-0.39, 0.29) is 11.0 Å². The van der Waals surface area contributed by atoms with Gasteiger partial charge in [-0.15, -0.1) is 13.2 Å². The van der Waals surface area contributed by atoms with Crippen LogP contribution in [-0.4, -0.2) is 22.4 Å². The van der Waals surface area contributed by atoms with E-state index in [0.29, 0.717) is 24.3 Å². The summed E-state index contributed by atoms with van der Waals surface area (Å²) in [7, 11) is -1.08. The van der Waals surface area contributed by atoms with Crippen LogP contribution >= 0.6 is 0 Å². The molecule has 2 unspecified atom stereocenters. The SMILES string of the molecule is CC(CCN)S(=O)Cc1ccc(OC(F)(F)F)cc1. The molecule has 19 heavy (non-hydrogen) atoms. The van der Waals surface area contributed by atoms with Crippen molar-refractivity contribution in [3.63, 3.8) is 0 Å². The number of alkyl halides is 3. The van der Waals surface area contributed by atoms with Gasteiger partial charge in [0.1, 0.15) is 5.75 Å². The molecule has 0 amide bonds. The largest absolute Gasteiger partial charge is 0.573 e. The average Bonchev–Trinajstić information content (AvgIpc) is 2.30. The van der Waals surface area contributed by atoms with Crippen LogP contribution in [0.4, 0.5) is 13.2 Å². The molecule has 1 aromatic carbocycles. The van der Waals surface area contributed by atoms with Gasteiger partial charge in [-0.25, -0.2) is 0 Å². The second-order valence-corrected chi connectivity index (χ2v) is 5.96. The van der Waals surface area contributed by atoms with E-state index < -0.39 is 17.2 Å². The van der Waals surface area contributed by atoms with Gasteiger partial charge in [-0.2, -0.15) is 0 Å². The lowest BCUT2D eigenvalue weighted by atomic mass is 10.2. The zero-order valence-corrected chi connectivity index (χ0v) is 11.3. The zero-order chi connectivity index (χ0) is 14.5. The van der Waals surface area contributed by atoms with Crippen molar-refractivity contribution in [1.29, 1.82) is 0 Å². The van der Waals surface area contributed by atoms with Crippen LogP contribution in [-0.2, 0) is 16.6 Å². The Morgan fingerprint density at radius 2 is 1.89 bits per heavy atom. The van der Waals surface area contributed by atoms with E-state index in [0.717, 1.165) is 0 Å². The van der Waals surface area contributed by atoms with Crippen LogP contribution < -0.4 is 10.5 Å². The Morgan fingerprint density at radius 1 is 1.32 bits per heavy atom. The molecule has 0 heterocycles. The van der Waals surface area contributed by atoms with Crippen LogP contribution in [0.1, 0.15) is 18.9 Å². The van der Waals surface area contributed by atoms with Gasteiger partial charge in [-0.05, 0) is 30.7 Å². The summed E-state index contributed by atoms with van der Waals surface area (Å²) in [5, 5.41) is -0.0314. The molecule has 0 fully saturated rings. The molecule has 1 aromatic rings. The Hall–Kier alpha value is -1.08. The molecule has 0 radical (unpaired) electrons. The summed E-state index contributed by atoms with van der Waals surface area (Å²) >= 11 is 0. The Morgan fingerprint density at radius 3 is 2.37 bits per heavy atom. The van der Waals surface area contributed by atoms with Crippen LogP contribution in [0.5, 0.6) is 5.75 Å². The Bertz CT molecular complexity index is 420. The Labute approximate surface area is 112 Å². The monoisotopic (exact) mass is 295 g/mol. The van der Waals surface area contributed by atoms with E-state index in [1.165, 1.54) is 24.3 Å². The predicted molar refractivity (Wildman–Crippen MR) is 68.1 cm³/mol. The number of halogens is 3. The van der Waals surface area contributed by atoms with Crippen molar-refractivity contribution < 1.29 is 22.1 Å². The Kier molecular flexibility index (Phi) is 5.81. The minimum atomic E-state index is -4.69. The molecule has 2 atom stereocenters. The average molecular weight is 295 g/mol. The molecule has 2 N–H and O–H groups in total. The number of nitrogens with two attached hydrogens (primary N) is 1. The van der Waals surface area contributed by atoms with Gasteiger partial charge in [0.05, 0.1) is 0 Å². The summed E-state index contributed by atoms with van der Waals surface area (Å²) in [5.74, 6) is 0.0186. The van der Waals surface area contributed by atoms with Gasteiger partial charge < -0.3 is 10.5 Å². The van der Waals surface area contributed by atoms with E-state index >= 15 is 0 Å². The quantitative estimate of drug-likeness (QED) is 0.877. The van der Waals surface area contributed by atoms with E-state index in [4.69, 9.17) is 5.73 Å². The first-order chi connectivity index (χ1) is 8.81. The number of rotatable bonds is 6. The second kappa shape index (κ2) is 6.91. The third-order valence-electron chi connectivity index (χ3n) is 2.49. The van der Waals surface area contributed by atoms with Gasteiger partial charge in [0.2, 0.25) is 0 Å². The van der Waals surface area contributed by atoms with Gasteiger partial charge in [-0.3, -0.25) is 4.21 Å². The zero-order valence-electron chi connectivity index (χ0n) is 10.4. The number of ether oxygens (including phenoxy) is 1. The molecule has 7 heteroatoms. The van der Waals surface area contributed by atoms with E-state index in [1.54, 1.807) is 0 Å². The van der Waals surface area contributed by atoms with Gasteiger partial charge in [0.15, 0.2) is 0 Å². The van der Waals surface area contributed by atoms with Crippen molar-refractivity contribution in [2.45, 2.75) is 30.7 Å².